The van der Waals surface area contributed by atoms with Crippen LogP contribution in [0.3, 0.4) is 0 Å². The van der Waals surface area contributed by atoms with Gasteiger partial charge in [0.1, 0.15) is 0 Å². The number of benzene rings is 2. The molecule has 1 aliphatic rings. The van der Waals surface area contributed by atoms with E-state index >= 15 is 0 Å². The maximum Gasteiger partial charge on any atom is 0.337 e. The molecule has 3 aromatic rings. The Kier molecular flexibility index (Phi) is 4.27. The van der Waals surface area contributed by atoms with Crippen molar-refractivity contribution < 1.29 is 19.2 Å². The molecule has 2 heterocycles. The highest BCUT2D eigenvalue weighted by molar-refractivity contribution is 6.20. The normalized spacial score (nSPS) is 13.0. The van der Waals surface area contributed by atoms with Gasteiger partial charge in [-0.25, -0.2) is 9.48 Å². The number of aromatic nitrogens is 2. The number of hydroxylamine groups is 2. The highest BCUT2D eigenvalue weighted by atomic mass is 16.7. The molecular weight excluding hydrogens is 358 g/mol. The third-order valence-electron chi connectivity index (χ3n) is 4.49. The Morgan fingerprint density at radius 3 is 2.11 bits per heavy atom. The van der Waals surface area contributed by atoms with Gasteiger partial charge in [-0.15, -0.1) is 0 Å². The molecule has 4 rings (SSSR count). The van der Waals surface area contributed by atoms with E-state index in [-0.39, 0.29) is 17.5 Å². The summed E-state index contributed by atoms with van der Waals surface area (Å²) in [6.07, 6.45) is -0.0647. The van der Waals surface area contributed by atoms with E-state index in [4.69, 9.17) is 4.84 Å². The molecule has 0 saturated carbocycles. The Bertz CT molecular complexity index is 1060. The molecule has 0 atom stereocenters. The quantitative estimate of drug-likeness (QED) is 0.655. The number of aryl methyl sites for hydroxylation is 2. The predicted molar refractivity (Wildman–Crippen MR) is 99.8 cm³/mol. The fourth-order valence-electron chi connectivity index (χ4n) is 3.20. The van der Waals surface area contributed by atoms with Crippen LogP contribution in [0.15, 0.2) is 54.6 Å². The summed E-state index contributed by atoms with van der Waals surface area (Å²) in [7, 11) is 0. The minimum absolute atomic E-state index is 0.0647. The van der Waals surface area contributed by atoms with E-state index < -0.39 is 17.8 Å². The summed E-state index contributed by atoms with van der Waals surface area (Å²) in [4.78, 5) is 41.8. The molecule has 2 amide bonds. The number of hydrogen-bond donors (Lipinski definition) is 0. The van der Waals surface area contributed by atoms with Crippen LogP contribution in [0, 0.1) is 13.8 Å². The number of carbonyl (C=O) groups is 3. The van der Waals surface area contributed by atoms with Crippen LogP contribution >= 0.6 is 0 Å². The highest BCUT2D eigenvalue weighted by Crippen LogP contribution is 2.23. The van der Waals surface area contributed by atoms with Crippen molar-refractivity contribution in [2.75, 3.05) is 0 Å². The summed E-state index contributed by atoms with van der Waals surface area (Å²) in [5.74, 6) is -1.95. The molecule has 0 saturated heterocycles. The van der Waals surface area contributed by atoms with Crippen molar-refractivity contribution in [1.29, 1.82) is 0 Å². The van der Waals surface area contributed by atoms with Crippen LogP contribution in [0.2, 0.25) is 0 Å². The van der Waals surface area contributed by atoms with Gasteiger partial charge in [0.05, 0.1) is 28.9 Å². The highest BCUT2D eigenvalue weighted by Gasteiger charge is 2.38. The number of imide groups is 1. The smallest absolute Gasteiger partial charge is 0.329 e. The summed E-state index contributed by atoms with van der Waals surface area (Å²) in [5, 5.41) is 4.94. The third kappa shape index (κ3) is 3.07. The van der Waals surface area contributed by atoms with Gasteiger partial charge in [-0.3, -0.25) is 9.59 Å². The lowest BCUT2D eigenvalue weighted by molar-refractivity contribution is -0.167. The van der Waals surface area contributed by atoms with Gasteiger partial charge in [-0.2, -0.15) is 5.10 Å². The second-order valence-electron chi connectivity index (χ2n) is 6.60. The Balaban J connectivity index is 1.44. The van der Waals surface area contributed by atoms with Crippen LogP contribution in [-0.4, -0.2) is 32.6 Å². The van der Waals surface area contributed by atoms with Crippen LogP contribution in [0.1, 0.15) is 37.7 Å². The second kappa shape index (κ2) is 6.77. The van der Waals surface area contributed by atoms with Gasteiger partial charge < -0.3 is 4.84 Å². The van der Waals surface area contributed by atoms with Crippen molar-refractivity contribution in [3.63, 3.8) is 0 Å². The first-order chi connectivity index (χ1) is 13.4. The Hall–Kier alpha value is -3.74. The molecule has 0 aliphatic carbocycles. The molecule has 0 fully saturated rings. The standard InChI is InChI=1S/C21H17N3O4/c1-13-11-14(2)23(22-13)16-9-7-15(8-10-16)12-19(25)28-24-20(26)17-5-3-4-6-18(17)21(24)27/h3-11H,12H2,1-2H3. The van der Waals surface area contributed by atoms with Crippen LogP contribution in [0.25, 0.3) is 5.69 Å². The van der Waals surface area contributed by atoms with Crippen molar-refractivity contribution in [2.24, 2.45) is 0 Å². The molecule has 0 N–H and O–H groups in total. The van der Waals surface area contributed by atoms with Gasteiger partial charge in [0.2, 0.25) is 0 Å². The number of amides is 2. The van der Waals surface area contributed by atoms with Gasteiger partial charge in [0, 0.05) is 5.69 Å². The summed E-state index contributed by atoms with van der Waals surface area (Å²) < 4.78 is 1.82. The summed E-state index contributed by atoms with van der Waals surface area (Å²) in [6.45, 7) is 3.89. The van der Waals surface area contributed by atoms with Crippen molar-refractivity contribution >= 4 is 17.8 Å². The topological polar surface area (TPSA) is 81.5 Å². The van der Waals surface area contributed by atoms with Crippen LogP contribution < -0.4 is 0 Å². The van der Waals surface area contributed by atoms with Gasteiger partial charge >= 0.3 is 5.97 Å². The molecule has 7 nitrogen and oxygen atoms in total. The Labute approximate surface area is 161 Å². The lowest BCUT2D eigenvalue weighted by Gasteiger charge is -2.13. The molecule has 0 spiro atoms. The molecule has 2 aromatic carbocycles. The summed E-state index contributed by atoms with van der Waals surface area (Å²) >= 11 is 0. The fourth-order valence-corrected chi connectivity index (χ4v) is 3.20. The van der Waals surface area contributed by atoms with E-state index in [1.165, 1.54) is 12.1 Å². The molecule has 1 aromatic heterocycles. The van der Waals surface area contributed by atoms with Gasteiger partial charge in [0.25, 0.3) is 11.8 Å². The van der Waals surface area contributed by atoms with E-state index in [1.807, 2.05) is 36.7 Å². The average molecular weight is 375 g/mol. The number of fused-ring (bicyclic) bond motifs is 1. The van der Waals surface area contributed by atoms with E-state index in [0.29, 0.717) is 10.6 Å². The first-order valence-electron chi connectivity index (χ1n) is 8.75. The molecule has 1 aliphatic heterocycles. The lowest BCUT2D eigenvalue weighted by atomic mass is 10.1. The van der Waals surface area contributed by atoms with E-state index in [0.717, 1.165) is 17.1 Å². The molecule has 140 valence electrons. The minimum Gasteiger partial charge on any atom is -0.329 e. The van der Waals surface area contributed by atoms with Crippen LogP contribution in [0.4, 0.5) is 0 Å². The van der Waals surface area contributed by atoms with E-state index in [2.05, 4.69) is 5.10 Å². The zero-order valence-corrected chi connectivity index (χ0v) is 15.4. The monoisotopic (exact) mass is 375 g/mol. The van der Waals surface area contributed by atoms with Crippen molar-refractivity contribution in [2.45, 2.75) is 20.3 Å². The largest absolute Gasteiger partial charge is 0.337 e. The zero-order valence-electron chi connectivity index (χ0n) is 15.4. The van der Waals surface area contributed by atoms with Crippen molar-refractivity contribution in [3.8, 4) is 5.69 Å². The molecule has 0 unspecified atom stereocenters. The summed E-state index contributed by atoms with van der Waals surface area (Å²) in [5.41, 5.74) is 3.97. The third-order valence-corrected chi connectivity index (χ3v) is 4.49. The molecular formula is C21H17N3O4. The average Bonchev–Trinajstić information content (AvgIpc) is 3.14. The van der Waals surface area contributed by atoms with Gasteiger partial charge in [-0.05, 0) is 49.7 Å². The lowest BCUT2D eigenvalue weighted by Crippen LogP contribution is -2.33. The number of carbonyl (C=O) groups excluding carboxylic acids is 3. The fraction of sp³-hybridized carbons (Fsp3) is 0.143. The number of nitrogens with zero attached hydrogens (tertiary/aromatic N) is 3. The van der Waals surface area contributed by atoms with Gasteiger partial charge in [0.15, 0.2) is 0 Å². The number of rotatable bonds is 4. The molecule has 0 radical (unpaired) electrons. The Morgan fingerprint density at radius 2 is 1.57 bits per heavy atom. The molecule has 0 bridgehead atoms. The molecule has 28 heavy (non-hydrogen) atoms. The SMILES string of the molecule is Cc1cc(C)n(-c2ccc(CC(=O)ON3C(=O)c4ccccc4C3=O)cc2)n1. The van der Waals surface area contributed by atoms with Gasteiger partial charge in [-0.1, -0.05) is 29.3 Å². The first-order valence-corrected chi connectivity index (χ1v) is 8.75. The predicted octanol–water partition coefficient (Wildman–Crippen LogP) is 2.79. The Morgan fingerprint density at radius 1 is 0.964 bits per heavy atom. The van der Waals surface area contributed by atoms with Crippen LogP contribution in [-0.2, 0) is 16.1 Å². The van der Waals surface area contributed by atoms with Crippen LogP contribution in [0.5, 0.6) is 0 Å². The number of hydrogen-bond acceptors (Lipinski definition) is 5. The summed E-state index contributed by atoms with van der Waals surface area (Å²) in [6, 6.07) is 15.6. The van der Waals surface area contributed by atoms with E-state index in [9.17, 15) is 14.4 Å². The maximum absolute atomic E-state index is 12.2. The zero-order chi connectivity index (χ0) is 19.8. The van der Waals surface area contributed by atoms with Crippen molar-refractivity contribution in [3.05, 3.63) is 82.7 Å². The first kappa shape index (κ1) is 17.7. The second-order valence-corrected chi connectivity index (χ2v) is 6.60. The van der Waals surface area contributed by atoms with E-state index in [1.54, 1.807) is 24.3 Å². The molecule has 7 heteroatoms. The maximum atomic E-state index is 12.2. The minimum atomic E-state index is -0.687. The van der Waals surface area contributed by atoms with Crippen molar-refractivity contribution in [1.82, 2.24) is 14.8 Å².